The zero-order valence-electron chi connectivity index (χ0n) is 11.8. The number of hydrogen-bond acceptors (Lipinski definition) is 3. The van der Waals surface area contributed by atoms with E-state index >= 15 is 0 Å². The highest BCUT2D eigenvalue weighted by Crippen LogP contribution is 2.19. The summed E-state index contributed by atoms with van der Waals surface area (Å²) in [4.78, 5) is 0. The highest BCUT2D eigenvalue weighted by atomic mass is 16.5. The standard InChI is InChI=1S/C17H21NO2/c1-14-8-10-15(11-9-14)19-12-4-5-13-20-17-7-3-2-6-16(17)18/h2-3,6-11H,4-5,12-13,18H2,1H3. The molecule has 0 saturated heterocycles. The Balaban J connectivity index is 1.60. The summed E-state index contributed by atoms with van der Waals surface area (Å²) >= 11 is 0. The maximum atomic E-state index is 5.80. The maximum Gasteiger partial charge on any atom is 0.142 e. The van der Waals surface area contributed by atoms with E-state index < -0.39 is 0 Å². The number of para-hydroxylation sites is 2. The van der Waals surface area contributed by atoms with Crippen molar-refractivity contribution >= 4 is 5.69 Å². The molecule has 2 N–H and O–H groups in total. The van der Waals surface area contributed by atoms with Crippen LogP contribution >= 0.6 is 0 Å². The summed E-state index contributed by atoms with van der Waals surface area (Å²) in [5.41, 5.74) is 7.73. The predicted molar refractivity (Wildman–Crippen MR) is 82.3 cm³/mol. The van der Waals surface area contributed by atoms with E-state index in [9.17, 15) is 0 Å². The molecule has 0 heterocycles. The number of nitrogen functional groups attached to an aromatic ring is 1. The van der Waals surface area contributed by atoms with Crippen molar-refractivity contribution in [3.63, 3.8) is 0 Å². The van der Waals surface area contributed by atoms with Gasteiger partial charge in [0.25, 0.3) is 0 Å². The number of hydrogen-bond donors (Lipinski definition) is 1. The van der Waals surface area contributed by atoms with Crippen LogP contribution in [0.1, 0.15) is 18.4 Å². The minimum atomic E-state index is 0.658. The van der Waals surface area contributed by atoms with Gasteiger partial charge in [0.2, 0.25) is 0 Å². The summed E-state index contributed by atoms with van der Waals surface area (Å²) in [5.74, 6) is 1.68. The van der Waals surface area contributed by atoms with Gasteiger partial charge >= 0.3 is 0 Å². The highest BCUT2D eigenvalue weighted by molar-refractivity contribution is 5.51. The van der Waals surface area contributed by atoms with Gasteiger partial charge in [-0.3, -0.25) is 0 Å². The van der Waals surface area contributed by atoms with Gasteiger partial charge in [-0.1, -0.05) is 29.8 Å². The number of aryl methyl sites for hydroxylation is 1. The van der Waals surface area contributed by atoms with Crippen molar-refractivity contribution in [3.8, 4) is 11.5 Å². The van der Waals surface area contributed by atoms with Crippen LogP contribution in [0.25, 0.3) is 0 Å². The first kappa shape index (κ1) is 14.3. The molecule has 0 aliphatic rings. The zero-order chi connectivity index (χ0) is 14.2. The Kier molecular flexibility index (Phi) is 5.30. The molecule has 0 fully saturated rings. The quantitative estimate of drug-likeness (QED) is 0.615. The van der Waals surface area contributed by atoms with Crippen molar-refractivity contribution in [2.75, 3.05) is 18.9 Å². The molecule has 3 heteroatoms. The molecule has 0 aliphatic carbocycles. The number of benzene rings is 2. The number of rotatable bonds is 7. The lowest BCUT2D eigenvalue weighted by Crippen LogP contribution is -2.03. The fourth-order valence-electron chi connectivity index (χ4n) is 1.82. The lowest BCUT2D eigenvalue weighted by molar-refractivity contribution is 0.267. The minimum Gasteiger partial charge on any atom is -0.494 e. The molecule has 0 saturated carbocycles. The Bertz CT molecular complexity index is 523. The van der Waals surface area contributed by atoms with E-state index in [1.54, 1.807) is 0 Å². The molecule has 0 unspecified atom stereocenters. The molecule has 20 heavy (non-hydrogen) atoms. The van der Waals surface area contributed by atoms with Crippen LogP contribution in [-0.4, -0.2) is 13.2 Å². The van der Waals surface area contributed by atoms with Gasteiger partial charge in [-0.25, -0.2) is 0 Å². The van der Waals surface area contributed by atoms with Crippen LogP contribution in [0.2, 0.25) is 0 Å². The summed E-state index contributed by atoms with van der Waals surface area (Å²) in [6, 6.07) is 15.7. The van der Waals surface area contributed by atoms with Gasteiger partial charge in [-0.2, -0.15) is 0 Å². The molecule has 0 spiro atoms. The number of nitrogens with two attached hydrogens (primary N) is 1. The normalized spacial score (nSPS) is 10.2. The van der Waals surface area contributed by atoms with Gasteiger partial charge in [0.1, 0.15) is 11.5 Å². The third-order valence-electron chi connectivity index (χ3n) is 3.00. The van der Waals surface area contributed by atoms with E-state index in [4.69, 9.17) is 15.2 Å². The average molecular weight is 271 g/mol. The van der Waals surface area contributed by atoms with Crippen molar-refractivity contribution in [1.82, 2.24) is 0 Å². The molecule has 0 amide bonds. The Hall–Kier alpha value is -2.16. The van der Waals surface area contributed by atoms with Crippen LogP contribution in [0, 0.1) is 6.92 Å². The van der Waals surface area contributed by atoms with Gasteiger partial charge in [-0.05, 0) is 44.0 Å². The second-order valence-electron chi connectivity index (χ2n) is 4.75. The Morgan fingerprint density at radius 2 is 1.50 bits per heavy atom. The van der Waals surface area contributed by atoms with Crippen molar-refractivity contribution in [3.05, 3.63) is 54.1 Å². The molecule has 2 aromatic carbocycles. The van der Waals surface area contributed by atoms with Gasteiger partial charge in [0.15, 0.2) is 0 Å². The number of unbranched alkanes of at least 4 members (excludes halogenated alkanes) is 1. The molecule has 2 rings (SSSR count). The summed E-state index contributed by atoms with van der Waals surface area (Å²) < 4.78 is 11.3. The molecular formula is C17H21NO2. The van der Waals surface area contributed by atoms with Crippen LogP contribution in [0.15, 0.2) is 48.5 Å². The third kappa shape index (κ3) is 4.50. The van der Waals surface area contributed by atoms with Gasteiger partial charge in [0.05, 0.1) is 18.9 Å². The Labute approximate surface area is 120 Å². The van der Waals surface area contributed by atoms with E-state index in [2.05, 4.69) is 19.1 Å². The minimum absolute atomic E-state index is 0.658. The number of ether oxygens (including phenoxy) is 2. The summed E-state index contributed by atoms with van der Waals surface area (Å²) in [6.07, 6.45) is 1.90. The van der Waals surface area contributed by atoms with E-state index in [1.807, 2.05) is 36.4 Å². The summed E-state index contributed by atoms with van der Waals surface area (Å²) in [5, 5.41) is 0. The molecule has 0 aromatic heterocycles. The molecule has 0 bridgehead atoms. The first-order valence-corrected chi connectivity index (χ1v) is 6.92. The average Bonchev–Trinajstić information content (AvgIpc) is 2.46. The number of anilines is 1. The smallest absolute Gasteiger partial charge is 0.142 e. The van der Waals surface area contributed by atoms with Crippen molar-refractivity contribution < 1.29 is 9.47 Å². The van der Waals surface area contributed by atoms with E-state index in [-0.39, 0.29) is 0 Å². The second-order valence-corrected chi connectivity index (χ2v) is 4.75. The van der Waals surface area contributed by atoms with E-state index in [1.165, 1.54) is 5.56 Å². The maximum absolute atomic E-state index is 5.80. The lowest BCUT2D eigenvalue weighted by Gasteiger charge is -2.09. The predicted octanol–water partition coefficient (Wildman–Crippen LogP) is 3.82. The molecule has 106 valence electrons. The molecular weight excluding hydrogens is 250 g/mol. The lowest BCUT2D eigenvalue weighted by atomic mass is 10.2. The van der Waals surface area contributed by atoms with E-state index in [0.717, 1.165) is 24.3 Å². The highest BCUT2D eigenvalue weighted by Gasteiger charge is 1.98. The molecule has 0 aliphatic heterocycles. The third-order valence-corrected chi connectivity index (χ3v) is 3.00. The zero-order valence-corrected chi connectivity index (χ0v) is 11.8. The largest absolute Gasteiger partial charge is 0.494 e. The Morgan fingerprint density at radius 3 is 2.20 bits per heavy atom. The van der Waals surface area contributed by atoms with Crippen LogP contribution < -0.4 is 15.2 Å². The summed E-state index contributed by atoms with van der Waals surface area (Å²) in [7, 11) is 0. The Morgan fingerprint density at radius 1 is 0.850 bits per heavy atom. The molecule has 0 atom stereocenters. The molecule has 2 aromatic rings. The van der Waals surface area contributed by atoms with Crippen LogP contribution in [-0.2, 0) is 0 Å². The van der Waals surface area contributed by atoms with Crippen LogP contribution in [0.3, 0.4) is 0 Å². The second kappa shape index (κ2) is 7.43. The summed E-state index contributed by atoms with van der Waals surface area (Å²) in [6.45, 7) is 3.43. The van der Waals surface area contributed by atoms with Crippen molar-refractivity contribution in [2.45, 2.75) is 19.8 Å². The van der Waals surface area contributed by atoms with Gasteiger partial charge in [0, 0.05) is 0 Å². The fourth-order valence-corrected chi connectivity index (χ4v) is 1.82. The first-order chi connectivity index (χ1) is 9.75. The fraction of sp³-hybridized carbons (Fsp3) is 0.294. The van der Waals surface area contributed by atoms with Crippen molar-refractivity contribution in [2.24, 2.45) is 0 Å². The van der Waals surface area contributed by atoms with Crippen LogP contribution in [0.5, 0.6) is 11.5 Å². The molecule has 3 nitrogen and oxygen atoms in total. The monoisotopic (exact) mass is 271 g/mol. The van der Waals surface area contributed by atoms with Gasteiger partial charge in [-0.15, -0.1) is 0 Å². The topological polar surface area (TPSA) is 44.5 Å². The van der Waals surface area contributed by atoms with Crippen molar-refractivity contribution in [1.29, 1.82) is 0 Å². The van der Waals surface area contributed by atoms with E-state index in [0.29, 0.717) is 18.9 Å². The SMILES string of the molecule is Cc1ccc(OCCCCOc2ccccc2N)cc1. The van der Waals surface area contributed by atoms with Crippen LogP contribution in [0.4, 0.5) is 5.69 Å². The molecule has 0 radical (unpaired) electrons. The first-order valence-electron chi connectivity index (χ1n) is 6.92. The van der Waals surface area contributed by atoms with Gasteiger partial charge < -0.3 is 15.2 Å².